The van der Waals surface area contributed by atoms with Gasteiger partial charge in [-0.25, -0.2) is 17.6 Å². The smallest absolute Gasteiger partial charge is 0.475 e. The summed E-state index contributed by atoms with van der Waals surface area (Å²) in [5, 5.41) is 10.3. The van der Waals surface area contributed by atoms with E-state index in [1.165, 1.54) is 21.3 Å². The number of piperazine rings is 1. The SMILES string of the molecule is Cc1cccc(C(=O)N(CCS(=O)(=O)N2CCNCC2)Cc2ccc(F)cc2)c1.O=C(O)C(F)(F)F. The van der Waals surface area contributed by atoms with Crippen LogP contribution in [0.25, 0.3) is 0 Å². The van der Waals surface area contributed by atoms with Gasteiger partial charge in [-0.15, -0.1) is 0 Å². The molecule has 0 radical (unpaired) electrons. The molecule has 0 spiro atoms. The lowest BCUT2D eigenvalue weighted by atomic mass is 10.1. The van der Waals surface area contributed by atoms with Gasteiger partial charge in [0.05, 0.1) is 5.75 Å². The minimum atomic E-state index is -5.08. The Labute approximate surface area is 206 Å². The van der Waals surface area contributed by atoms with Crippen LogP contribution in [0.2, 0.25) is 0 Å². The number of carbonyl (C=O) groups excluding carboxylic acids is 1. The van der Waals surface area contributed by atoms with Crippen molar-refractivity contribution < 1.29 is 40.7 Å². The van der Waals surface area contributed by atoms with E-state index < -0.39 is 22.2 Å². The molecule has 0 unspecified atom stereocenters. The number of carboxylic acid groups (broad SMARTS) is 1. The van der Waals surface area contributed by atoms with Crippen molar-refractivity contribution in [3.05, 3.63) is 71.0 Å². The number of carbonyl (C=O) groups is 2. The number of halogens is 4. The lowest BCUT2D eigenvalue weighted by Crippen LogP contribution is -2.48. The van der Waals surface area contributed by atoms with Crippen molar-refractivity contribution in [1.29, 1.82) is 0 Å². The van der Waals surface area contributed by atoms with Crippen molar-refractivity contribution in [2.45, 2.75) is 19.6 Å². The molecule has 0 atom stereocenters. The number of aliphatic carboxylic acids is 1. The first-order valence-corrected chi connectivity index (χ1v) is 12.5. The third-order valence-corrected chi connectivity index (χ3v) is 7.02. The molecule has 2 aromatic rings. The third kappa shape index (κ3) is 9.21. The largest absolute Gasteiger partial charge is 0.490 e. The van der Waals surface area contributed by atoms with Crippen molar-refractivity contribution in [3.63, 3.8) is 0 Å². The molecule has 1 saturated heterocycles. The molecule has 1 heterocycles. The fourth-order valence-corrected chi connectivity index (χ4v) is 4.75. The summed E-state index contributed by atoms with van der Waals surface area (Å²) < 4.78 is 71.9. The number of benzene rings is 2. The summed E-state index contributed by atoms with van der Waals surface area (Å²) in [5.74, 6) is -3.50. The number of sulfonamides is 1. The average molecular weight is 534 g/mol. The summed E-state index contributed by atoms with van der Waals surface area (Å²) in [4.78, 5) is 23.5. The number of aryl methyl sites for hydroxylation is 1. The molecule has 1 aliphatic rings. The molecule has 0 saturated carbocycles. The predicted octanol–water partition coefficient (Wildman–Crippen LogP) is 2.64. The molecule has 198 valence electrons. The molecule has 36 heavy (non-hydrogen) atoms. The van der Waals surface area contributed by atoms with Crippen LogP contribution in [0.1, 0.15) is 21.5 Å². The van der Waals surface area contributed by atoms with Crippen molar-refractivity contribution in [2.75, 3.05) is 38.5 Å². The second-order valence-corrected chi connectivity index (χ2v) is 10.1. The molecule has 1 aliphatic heterocycles. The summed E-state index contributed by atoms with van der Waals surface area (Å²) in [5.41, 5.74) is 2.20. The van der Waals surface area contributed by atoms with Gasteiger partial charge in [-0.05, 0) is 36.8 Å². The Morgan fingerprint density at radius 2 is 1.67 bits per heavy atom. The first kappa shape index (κ1) is 29.2. The Kier molecular flexibility index (Phi) is 10.4. The summed E-state index contributed by atoms with van der Waals surface area (Å²) in [6.45, 7) is 4.30. The van der Waals surface area contributed by atoms with Gasteiger partial charge in [0.15, 0.2) is 0 Å². The Balaban J connectivity index is 0.000000572. The van der Waals surface area contributed by atoms with Crippen molar-refractivity contribution in [3.8, 4) is 0 Å². The van der Waals surface area contributed by atoms with Gasteiger partial charge in [0, 0.05) is 44.8 Å². The van der Waals surface area contributed by atoms with E-state index in [-0.39, 0.29) is 30.6 Å². The van der Waals surface area contributed by atoms with Crippen LogP contribution in [0.4, 0.5) is 17.6 Å². The maximum absolute atomic E-state index is 13.2. The Hall–Kier alpha value is -3.03. The number of carboxylic acids is 1. The predicted molar refractivity (Wildman–Crippen MR) is 124 cm³/mol. The molecule has 0 aromatic heterocycles. The highest BCUT2D eigenvalue weighted by atomic mass is 32.2. The molecular weight excluding hydrogens is 506 g/mol. The highest BCUT2D eigenvalue weighted by Crippen LogP contribution is 2.14. The van der Waals surface area contributed by atoms with Gasteiger partial charge >= 0.3 is 12.1 Å². The van der Waals surface area contributed by atoms with Gasteiger partial charge in [-0.1, -0.05) is 29.8 Å². The number of amides is 1. The zero-order chi connectivity index (χ0) is 26.9. The zero-order valence-electron chi connectivity index (χ0n) is 19.5. The molecule has 1 fully saturated rings. The number of hydrogen-bond donors (Lipinski definition) is 2. The van der Waals surface area contributed by atoms with E-state index in [1.807, 2.05) is 13.0 Å². The van der Waals surface area contributed by atoms with E-state index in [1.54, 1.807) is 30.3 Å². The van der Waals surface area contributed by atoms with Gasteiger partial charge in [-0.3, -0.25) is 4.79 Å². The van der Waals surface area contributed by atoms with Gasteiger partial charge in [0.2, 0.25) is 10.0 Å². The van der Waals surface area contributed by atoms with Gasteiger partial charge in [-0.2, -0.15) is 17.5 Å². The van der Waals surface area contributed by atoms with Crippen LogP contribution < -0.4 is 5.32 Å². The Morgan fingerprint density at radius 3 is 2.19 bits per heavy atom. The topological polar surface area (TPSA) is 107 Å². The maximum atomic E-state index is 13.2. The van der Waals surface area contributed by atoms with Crippen LogP contribution in [0, 0.1) is 12.7 Å². The van der Waals surface area contributed by atoms with Crippen LogP contribution in [-0.4, -0.2) is 79.3 Å². The average Bonchev–Trinajstić information content (AvgIpc) is 2.83. The molecule has 0 aliphatic carbocycles. The van der Waals surface area contributed by atoms with Crippen LogP contribution >= 0.6 is 0 Å². The number of nitrogens with zero attached hydrogens (tertiary/aromatic N) is 2. The molecule has 2 aromatic carbocycles. The molecule has 0 bridgehead atoms. The van der Waals surface area contributed by atoms with E-state index in [0.717, 1.165) is 11.1 Å². The molecule has 8 nitrogen and oxygen atoms in total. The maximum Gasteiger partial charge on any atom is 0.490 e. The molecule has 2 N–H and O–H groups in total. The van der Waals surface area contributed by atoms with Crippen LogP contribution in [-0.2, 0) is 21.4 Å². The number of alkyl halides is 3. The van der Waals surface area contributed by atoms with Crippen LogP contribution in [0.15, 0.2) is 48.5 Å². The van der Waals surface area contributed by atoms with Gasteiger partial charge < -0.3 is 15.3 Å². The Morgan fingerprint density at radius 1 is 1.08 bits per heavy atom. The van der Waals surface area contributed by atoms with Gasteiger partial charge in [0.25, 0.3) is 5.91 Å². The summed E-state index contributed by atoms with van der Waals surface area (Å²) in [7, 11) is -3.46. The number of rotatable bonds is 7. The number of nitrogens with one attached hydrogen (secondary N) is 1. The summed E-state index contributed by atoms with van der Waals surface area (Å²) in [6, 6.07) is 13.1. The highest BCUT2D eigenvalue weighted by Gasteiger charge is 2.38. The quantitative estimate of drug-likeness (QED) is 0.530. The van der Waals surface area contributed by atoms with Crippen molar-refractivity contribution in [2.24, 2.45) is 0 Å². The van der Waals surface area contributed by atoms with Gasteiger partial charge in [0.1, 0.15) is 5.82 Å². The molecular formula is C23H27F4N3O5S. The lowest BCUT2D eigenvalue weighted by molar-refractivity contribution is -0.192. The van der Waals surface area contributed by atoms with Crippen LogP contribution in [0.5, 0.6) is 0 Å². The summed E-state index contributed by atoms with van der Waals surface area (Å²) >= 11 is 0. The fraction of sp³-hybridized carbons (Fsp3) is 0.391. The zero-order valence-corrected chi connectivity index (χ0v) is 20.3. The fourth-order valence-electron chi connectivity index (χ4n) is 3.30. The molecule has 3 rings (SSSR count). The van der Waals surface area contributed by atoms with E-state index in [4.69, 9.17) is 9.90 Å². The minimum Gasteiger partial charge on any atom is -0.475 e. The minimum absolute atomic E-state index is 0.0659. The standard InChI is InChI=1S/C21H26FN3O3S.C2HF3O2/c1-17-3-2-4-19(15-17)21(26)24(16-18-5-7-20(22)8-6-18)13-14-29(27,28)25-11-9-23-10-12-25;3-2(4,5)1(6)7/h2-8,15,23H,9-14,16H2,1H3;(H,6,7). The first-order chi connectivity index (χ1) is 16.8. The first-order valence-electron chi connectivity index (χ1n) is 10.9. The van der Waals surface area contributed by atoms with Crippen LogP contribution in [0.3, 0.4) is 0 Å². The number of hydrogen-bond acceptors (Lipinski definition) is 5. The van der Waals surface area contributed by atoms with E-state index in [9.17, 15) is 30.8 Å². The third-order valence-electron chi connectivity index (χ3n) is 5.17. The normalized spacial score (nSPS) is 14.5. The molecule has 13 heteroatoms. The second kappa shape index (κ2) is 12.8. The van der Waals surface area contributed by atoms with E-state index >= 15 is 0 Å². The van der Waals surface area contributed by atoms with Crippen molar-refractivity contribution >= 4 is 21.9 Å². The highest BCUT2D eigenvalue weighted by molar-refractivity contribution is 7.89. The molecule has 1 amide bonds. The summed E-state index contributed by atoms with van der Waals surface area (Å²) in [6.07, 6.45) is -5.08. The lowest BCUT2D eigenvalue weighted by Gasteiger charge is -2.28. The van der Waals surface area contributed by atoms with E-state index in [2.05, 4.69) is 5.32 Å². The van der Waals surface area contributed by atoms with Crippen molar-refractivity contribution in [1.82, 2.24) is 14.5 Å². The second-order valence-electron chi connectivity index (χ2n) is 7.99. The van der Waals surface area contributed by atoms with E-state index in [0.29, 0.717) is 31.7 Å². The Bertz CT molecular complexity index is 1140. The monoisotopic (exact) mass is 533 g/mol.